The molecule has 0 saturated carbocycles. The van der Waals surface area contributed by atoms with E-state index < -0.39 is 16.9 Å². The van der Waals surface area contributed by atoms with Gasteiger partial charge in [0.1, 0.15) is 11.4 Å². The van der Waals surface area contributed by atoms with Gasteiger partial charge in [0, 0.05) is 68.2 Å². The molecule has 4 aromatic rings. The third kappa shape index (κ3) is 3.00. The number of fused-ring (bicyclic) bond motifs is 6. The normalized spacial score (nSPS) is 24.9. The molecule has 7 nitrogen and oxygen atoms in total. The first kappa shape index (κ1) is 26.1. The van der Waals surface area contributed by atoms with Crippen LogP contribution in [-0.4, -0.2) is 52.1 Å². The van der Waals surface area contributed by atoms with Crippen molar-refractivity contribution in [2.75, 3.05) is 42.9 Å². The van der Waals surface area contributed by atoms with Crippen molar-refractivity contribution < 1.29 is 9.47 Å². The number of hydrogen-bond acceptors (Lipinski definition) is 7. The second-order valence-corrected chi connectivity index (χ2v) is 13.5. The van der Waals surface area contributed by atoms with Gasteiger partial charge in [0.2, 0.25) is 11.4 Å². The van der Waals surface area contributed by atoms with Gasteiger partial charge in [-0.3, -0.25) is 9.98 Å². The summed E-state index contributed by atoms with van der Waals surface area (Å²) in [6.07, 6.45) is 3.98. The lowest BCUT2D eigenvalue weighted by Gasteiger charge is -2.45. The minimum Gasteiger partial charge on any atom is -0.459 e. The molecule has 4 aromatic carbocycles. The molecule has 0 amide bonds. The molecule has 2 spiro atoms. The van der Waals surface area contributed by atoms with Crippen LogP contribution in [0.1, 0.15) is 38.8 Å². The molecular weight excluding hydrogens is 534 g/mol. The van der Waals surface area contributed by atoms with E-state index in [-0.39, 0.29) is 5.41 Å². The maximum absolute atomic E-state index is 7.10. The number of benzene rings is 4. The van der Waals surface area contributed by atoms with Crippen molar-refractivity contribution in [1.82, 2.24) is 0 Å². The van der Waals surface area contributed by atoms with E-state index in [4.69, 9.17) is 19.5 Å². The maximum atomic E-state index is 7.10. The van der Waals surface area contributed by atoms with Gasteiger partial charge in [-0.25, -0.2) is 0 Å². The van der Waals surface area contributed by atoms with Crippen LogP contribution in [0, 0.1) is 0 Å². The third-order valence-electron chi connectivity index (χ3n) is 10.6. The molecule has 0 aromatic heterocycles. The lowest BCUT2D eigenvalue weighted by Crippen LogP contribution is -2.61. The van der Waals surface area contributed by atoms with Crippen molar-refractivity contribution in [2.45, 2.75) is 50.0 Å². The van der Waals surface area contributed by atoms with Gasteiger partial charge in [-0.05, 0) is 51.0 Å². The highest BCUT2D eigenvalue weighted by molar-refractivity contribution is 6.06. The minimum atomic E-state index is -0.834. The Morgan fingerprint density at radius 3 is 1.98 bits per heavy atom. The summed E-state index contributed by atoms with van der Waals surface area (Å²) in [5.74, 6) is 1.55. The zero-order valence-electron chi connectivity index (χ0n) is 26.1. The summed E-state index contributed by atoms with van der Waals surface area (Å²) in [6.45, 7) is 8.93. The zero-order chi connectivity index (χ0) is 30.1. The first-order valence-electron chi connectivity index (χ1n) is 14.9. The van der Waals surface area contributed by atoms with E-state index in [2.05, 4.69) is 137 Å². The lowest BCUT2D eigenvalue weighted by atomic mass is 9.76. The fraction of sp³-hybridized carbons (Fsp3) is 0.333. The summed E-state index contributed by atoms with van der Waals surface area (Å²) in [7, 11) is 8.32. The molecule has 4 aliphatic rings. The van der Waals surface area contributed by atoms with E-state index in [1.54, 1.807) is 0 Å². The predicted molar refractivity (Wildman–Crippen MR) is 177 cm³/mol. The van der Waals surface area contributed by atoms with Crippen molar-refractivity contribution in [2.24, 2.45) is 9.98 Å². The average molecular weight is 572 g/mol. The maximum Gasteiger partial charge on any atom is 0.228 e. The molecule has 8 rings (SSSR count). The predicted octanol–water partition coefficient (Wildman–Crippen LogP) is 7.34. The Labute approximate surface area is 253 Å². The molecule has 7 heteroatoms. The number of nitrogens with zero attached hydrogens (tertiary/aromatic N) is 5. The minimum absolute atomic E-state index is 0.319. The molecular formula is C36H37N5O2. The third-order valence-corrected chi connectivity index (χ3v) is 10.6. The Morgan fingerprint density at radius 1 is 0.651 bits per heavy atom. The Kier molecular flexibility index (Phi) is 4.92. The zero-order valence-corrected chi connectivity index (χ0v) is 26.1. The van der Waals surface area contributed by atoms with Crippen LogP contribution in [0.4, 0.5) is 28.4 Å². The fourth-order valence-corrected chi connectivity index (χ4v) is 7.88. The van der Waals surface area contributed by atoms with Crippen molar-refractivity contribution >= 4 is 51.6 Å². The average Bonchev–Trinajstić information content (AvgIpc) is 3.25. The quantitative estimate of drug-likeness (QED) is 0.239. The van der Waals surface area contributed by atoms with Crippen LogP contribution in [0.25, 0.3) is 10.8 Å². The summed E-state index contributed by atoms with van der Waals surface area (Å²) in [4.78, 5) is 16.8. The second-order valence-electron chi connectivity index (χ2n) is 13.5. The van der Waals surface area contributed by atoms with E-state index >= 15 is 0 Å². The number of rotatable bonds is 1. The molecule has 0 N–H and O–H groups in total. The number of likely N-dealkylation sites (N-methyl/N-ethyl adjacent to an activating group) is 2. The molecule has 0 radical (unpaired) electrons. The van der Waals surface area contributed by atoms with E-state index in [0.717, 1.165) is 56.3 Å². The molecule has 0 saturated heterocycles. The van der Waals surface area contributed by atoms with Crippen molar-refractivity contribution in [3.05, 3.63) is 77.9 Å². The van der Waals surface area contributed by atoms with Gasteiger partial charge in [0.15, 0.2) is 11.5 Å². The molecule has 0 aliphatic carbocycles. The lowest BCUT2D eigenvalue weighted by molar-refractivity contribution is 0.0823. The van der Waals surface area contributed by atoms with E-state index in [1.807, 2.05) is 12.4 Å². The first-order chi connectivity index (χ1) is 20.4. The van der Waals surface area contributed by atoms with Gasteiger partial charge < -0.3 is 24.2 Å². The van der Waals surface area contributed by atoms with Gasteiger partial charge in [-0.2, -0.15) is 0 Å². The van der Waals surface area contributed by atoms with Gasteiger partial charge in [-0.1, -0.05) is 42.5 Å². The molecule has 0 fully saturated rings. The van der Waals surface area contributed by atoms with E-state index in [9.17, 15) is 0 Å². The van der Waals surface area contributed by atoms with E-state index in [1.165, 1.54) is 5.56 Å². The SMILES string of the molecule is CN(C)c1cc2c(c3ccccc13)N=CC1(O2)N(C)c2cc3c(cc2C1(C)C)N=CC1(O3)N(C)c2ccccc2C1(C)C. The van der Waals surface area contributed by atoms with Crippen LogP contribution in [0.5, 0.6) is 11.5 Å². The summed E-state index contributed by atoms with van der Waals surface area (Å²) in [6, 6.07) is 23.4. The highest BCUT2D eigenvalue weighted by atomic mass is 16.5. The van der Waals surface area contributed by atoms with Crippen molar-refractivity contribution in [3.8, 4) is 11.5 Å². The second kappa shape index (κ2) is 8.10. The summed E-state index contributed by atoms with van der Waals surface area (Å²) < 4.78 is 14.1. The summed E-state index contributed by atoms with van der Waals surface area (Å²) in [5.41, 5.74) is 5.08. The fourth-order valence-electron chi connectivity index (χ4n) is 7.88. The first-order valence-corrected chi connectivity index (χ1v) is 14.9. The van der Waals surface area contributed by atoms with Crippen LogP contribution in [-0.2, 0) is 10.8 Å². The van der Waals surface area contributed by atoms with Crippen molar-refractivity contribution in [3.63, 3.8) is 0 Å². The van der Waals surface area contributed by atoms with Gasteiger partial charge in [-0.15, -0.1) is 0 Å². The molecule has 4 aliphatic heterocycles. The Morgan fingerprint density at radius 2 is 1.26 bits per heavy atom. The van der Waals surface area contributed by atoms with Crippen molar-refractivity contribution in [1.29, 1.82) is 0 Å². The number of anilines is 3. The Bertz CT molecular complexity index is 1920. The number of aliphatic imine (C=N–C) groups is 2. The van der Waals surface area contributed by atoms with Gasteiger partial charge >= 0.3 is 0 Å². The highest BCUT2D eigenvalue weighted by Gasteiger charge is 2.61. The molecule has 4 heterocycles. The number of hydrogen-bond donors (Lipinski definition) is 0. The monoisotopic (exact) mass is 571 g/mol. The summed E-state index contributed by atoms with van der Waals surface area (Å²) in [5, 5.41) is 2.24. The molecule has 0 bridgehead atoms. The largest absolute Gasteiger partial charge is 0.459 e. The van der Waals surface area contributed by atoms with Crippen LogP contribution in [0.3, 0.4) is 0 Å². The van der Waals surface area contributed by atoms with E-state index in [0.29, 0.717) is 0 Å². The summed E-state index contributed by atoms with van der Waals surface area (Å²) >= 11 is 0. The molecule has 2 atom stereocenters. The standard InChI is InChI=1S/C36H37N5O2/c1-33(2)24-15-11-12-16-27(24)40(7)35(33)20-37-26-17-25-29(19-30(26)42-35)41(8)36(34(25,3)4)21-38-32-23-14-10-9-13-22(23)28(39(5)6)18-31(32)43-36/h9-21H,1-8H3. The van der Waals surface area contributed by atoms with Crippen LogP contribution in [0.15, 0.2) is 76.7 Å². The number of ether oxygens (including phenoxy) is 2. The Hall–Kier alpha value is -4.52. The van der Waals surface area contributed by atoms with Crippen LogP contribution >= 0.6 is 0 Å². The Balaban J connectivity index is 1.23. The number of para-hydroxylation sites is 1. The smallest absolute Gasteiger partial charge is 0.228 e. The van der Waals surface area contributed by atoms with Gasteiger partial charge in [0.25, 0.3) is 0 Å². The van der Waals surface area contributed by atoms with Crippen LogP contribution < -0.4 is 24.2 Å². The molecule has 2 unspecified atom stereocenters. The highest BCUT2D eigenvalue weighted by Crippen LogP contribution is 2.59. The van der Waals surface area contributed by atoms with Crippen LogP contribution in [0.2, 0.25) is 0 Å². The van der Waals surface area contributed by atoms with Gasteiger partial charge in [0.05, 0.1) is 23.3 Å². The molecule has 218 valence electrons. The molecule has 43 heavy (non-hydrogen) atoms. The topological polar surface area (TPSA) is 52.9 Å².